The molecule has 3 atom stereocenters. The number of benzene rings is 1. The van der Waals surface area contributed by atoms with E-state index < -0.39 is 0 Å². The molecular weight excluding hydrogens is 239 g/mol. The first-order chi connectivity index (χ1) is 9.16. The van der Waals surface area contributed by atoms with E-state index in [1.807, 2.05) is 12.1 Å². The van der Waals surface area contributed by atoms with Gasteiger partial charge in [0.25, 0.3) is 0 Å². The van der Waals surface area contributed by atoms with Crippen molar-refractivity contribution in [1.29, 1.82) is 0 Å². The molecule has 0 saturated carbocycles. The fraction of sp³-hybridized carbons (Fsp3) is 0.625. The van der Waals surface area contributed by atoms with Gasteiger partial charge in [-0.25, -0.2) is 4.39 Å². The largest absolute Gasteiger partial charge is 0.328 e. The Morgan fingerprint density at radius 1 is 1.21 bits per heavy atom. The highest BCUT2D eigenvalue weighted by atomic mass is 19.1. The molecule has 0 amide bonds. The Kier molecular flexibility index (Phi) is 3.59. The summed E-state index contributed by atoms with van der Waals surface area (Å²) in [5.74, 6) is -0.0806. The van der Waals surface area contributed by atoms with E-state index in [1.54, 1.807) is 12.1 Å². The van der Waals surface area contributed by atoms with Gasteiger partial charge in [-0.15, -0.1) is 0 Å². The predicted octanol–water partition coefficient (Wildman–Crippen LogP) is 3.23. The van der Waals surface area contributed by atoms with Gasteiger partial charge in [-0.2, -0.15) is 0 Å². The molecule has 2 fully saturated rings. The molecular formula is C16H23FN2. The van der Waals surface area contributed by atoms with Crippen molar-refractivity contribution in [3.63, 3.8) is 0 Å². The van der Waals surface area contributed by atoms with Crippen molar-refractivity contribution < 1.29 is 4.39 Å². The third-order valence-electron chi connectivity index (χ3n) is 4.87. The lowest BCUT2D eigenvalue weighted by atomic mass is 9.80. The Hall–Kier alpha value is -0.930. The van der Waals surface area contributed by atoms with Crippen LogP contribution in [0.1, 0.15) is 50.6 Å². The van der Waals surface area contributed by atoms with Gasteiger partial charge in [-0.1, -0.05) is 24.6 Å². The highest BCUT2D eigenvalue weighted by Gasteiger charge is 2.40. The Balaban J connectivity index is 1.87. The van der Waals surface area contributed by atoms with Crippen molar-refractivity contribution in [3.8, 4) is 0 Å². The van der Waals surface area contributed by atoms with Gasteiger partial charge in [0, 0.05) is 29.7 Å². The van der Waals surface area contributed by atoms with Crippen molar-refractivity contribution in [2.75, 3.05) is 0 Å². The molecule has 2 saturated heterocycles. The first-order valence-electron chi connectivity index (χ1n) is 7.44. The van der Waals surface area contributed by atoms with Crippen LogP contribution in [0, 0.1) is 5.82 Å². The molecule has 2 aliphatic heterocycles. The monoisotopic (exact) mass is 262 g/mol. The second-order valence-corrected chi connectivity index (χ2v) is 6.11. The van der Waals surface area contributed by atoms with Crippen LogP contribution in [0.15, 0.2) is 24.3 Å². The third kappa shape index (κ3) is 2.41. The zero-order valence-corrected chi connectivity index (χ0v) is 11.6. The Labute approximate surface area is 114 Å². The Morgan fingerprint density at radius 3 is 2.47 bits per heavy atom. The number of fused-ring (bicyclic) bond motifs is 2. The number of halogens is 1. The number of hydrogen-bond donors (Lipinski definition) is 1. The molecule has 2 nitrogen and oxygen atoms in total. The van der Waals surface area contributed by atoms with E-state index >= 15 is 0 Å². The van der Waals surface area contributed by atoms with Crippen LogP contribution in [0.25, 0.3) is 0 Å². The van der Waals surface area contributed by atoms with Crippen molar-refractivity contribution in [1.82, 2.24) is 4.90 Å². The number of nitrogens with two attached hydrogens (primary N) is 1. The number of nitrogens with zero attached hydrogens (tertiary/aromatic N) is 1. The second-order valence-electron chi connectivity index (χ2n) is 6.11. The van der Waals surface area contributed by atoms with E-state index in [4.69, 9.17) is 5.73 Å². The molecule has 0 radical (unpaired) electrons. The lowest BCUT2D eigenvalue weighted by Crippen LogP contribution is -2.55. The Morgan fingerprint density at radius 2 is 1.84 bits per heavy atom. The average molecular weight is 262 g/mol. The van der Waals surface area contributed by atoms with E-state index in [9.17, 15) is 4.39 Å². The summed E-state index contributed by atoms with van der Waals surface area (Å²) in [6.45, 7) is 2.14. The quantitative estimate of drug-likeness (QED) is 0.886. The molecule has 0 aliphatic carbocycles. The van der Waals surface area contributed by atoms with Crippen molar-refractivity contribution in [3.05, 3.63) is 35.6 Å². The molecule has 2 aliphatic rings. The maximum atomic E-state index is 14.0. The van der Waals surface area contributed by atoms with Crippen molar-refractivity contribution in [2.24, 2.45) is 5.73 Å². The van der Waals surface area contributed by atoms with Crippen molar-refractivity contribution >= 4 is 0 Å². The van der Waals surface area contributed by atoms with Gasteiger partial charge in [0.05, 0.1) is 0 Å². The van der Waals surface area contributed by atoms with E-state index in [1.165, 1.54) is 19.3 Å². The van der Waals surface area contributed by atoms with Crippen LogP contribution in [-0.2, 0) is 0 Å². The lowest BCUT2D eigenvalue weighted by molar-refractivity contribution is -0.00151. The van der Waals surface area contributed by atoms with Crippen LogP contribution in [0.4, 0.5) is 4.39 Å². The maximum Gasteiger partial charge on any atom is 0.127 e. The molecule has 1 aromatic rings. The van der Waals surface area contributed by atoms with Gasteiger partial charge in [0.15, 0.2) is 0 Å². The molecule has 2 N–H and O–H groups in total. The fourth-order valence-corrected chi connectivity index (χ4v) is 4.07. The minimum Gasteiger partial charge on any atom is -0.328 e. The summed E-state index contributed by atoms with van der Waals surface area (Å²) in [7, 11) is 0. The van der Waals surface area contributed by atoms with Crippen LogP contribution in [0.3, 0.4) is 0 Å². The second kappa shape index (κ2) is 5.22. The zero-order valence-electron chi connectivity index (χ0n) is 11.6. The summed E-state index contributed by atoms with van der Waals surface area (Å²) in [6, 6.07) is 8.75. The minimum absolute atomic E-state index is 0.0806. The standard InChI is InChI=1S/C16H23FN2/c1-11(15-7-2-3-8-16(15)17)19-13-5-4-6-14(19)10-12(18)9-13/h2-3,7-8,11-14H,4-6,9-10,18H2,1H3. The molecule has 19 heavy (non-hydrogen) atoms. The highest BCUT2D eigenvalue weighted by Crippen LogP contribution is 2.39. The lowest BCUT2D eigenvalue weighted by Gasteiger charge is -2.51. The van der Waals surface area contributed by atoms with E-state index in [-0.39, 0.29) is 11.9 Å². The van der Waals surface area contributed by atoms with Crippen LogP contribution >= 0.6 is 0 Å². The fourth-order valence-electron chi connectivity index (χ4n) is 4.07. The maximum absolute atomic E-state index is 14.0. The number of piperidine rings is 2. The first-order valence-corrected chi connectivity index (χ1v) is 7.44. The highest BCUT2D eigenvalue weighted by molar-refractivity contribution is 5.21. The number of hydrogen-bond acceptors (Lipinski definition) is 2. The molecule has 104 valence electrons. The normalized spacial score (nSPS) is 33.1. The van der Waals surface area contributed by atoms with Crippen LogP contribution in [-0.4, -0.2) is 23.0 Å². The van der Waals surface area contributed by atoms with Gasteiger partial charge in [-0.3, -0.25) is 4.90 Å². The van der Waals surface area contributed by atoms with Gasteiger partial charge in [0.1, 0.15) is 5.82 Å². The molecule has 0 spiro atoms. The van der Waals surface area contributed by atoms with E-state index in [2.05, 4.69) is 11.8 Å². The molecule has 3 heteroatoms. The van der Waals surface area contributed by atoms with Crippen LogP contribution < -0.4 is 5.73 Å². The SMILES string of the molecule is CC(c1ccccc1F)N1C2CCCC1CC(N)C2. The van der Waals surface area contributed by atoms with E-state index in [0.717, 1.165) is 18.4 Å². The number of rotatable bonds is 2. The molecule has 0 aromatic heterocycles. The Bertz CT molecular complexity index is 434. The van der Waals surface area contributed by atoms with Crippen LogP contribution in [0.5, 0.6) is 0 Å². The minimum atomic E-state index is -0.0806. The zero-order chi connectivity index (χ0) is 13.4. The van der Waals surface area contributed by atoms with Gasteiger partial charge >= 0.3 is 0 Å². The summed E-state index contributed by atoms with van der Waals surface area (Å²) in [5.41, 5.74) is 6.98. The molecule has 3 unspecified atom stereocenters. The van der Waals surface area contributed by atoms with Gasteiger partial charge in [0.2, 0.25) is 0 Å². The summed E-state index contributed by atoms with van der Waals surface area (Å²) >= 11 is 0. The van der Waals surface area contributed by atoms with E-state index in [0.29, 0.717) is 18.1 Å². The summed E-state index contributed by atoms with van der Waals surface area (Å²) in [6.07, 6.45) is 5.85. The summed E-state index contributed by atoms with van der Waals surface area (Å²) in [5, 5.41) is 0. The first kappa shape index (κ1) is 13.1. The molecule has 2 bridgehead atoms. The topological polar surface area (TPSA) is 29.3 Å². The van der Waals surface area contributed by atoms with Gasteiger partial charge < -0.3 is 5.73 Å². The van der Waals surface area contributed by atoms with Crippen molar-refractivity contribution in [2.45, 2.75) is 63.2 Å². The third-order valence-corrected chi connectivity index (χ3v) is 4.87. The molecule has 1 aromatic carbocycles. The average Bonchev–Trinajstić information content (AvgIpc) is 2.37. The predicted molar refractivity (Wildman–Crippen MR) is 75.3 cm³/mol. The summed E-state index contributed by atoms with van der Waals surface area (Å²) < 4.78 is 14.0. The van der Waals surface area contributed by atoms with Crippen LogP contribution in [0.2, 0.25) is 0 Å². The molecule has 2 heterocycles. The van der Waals surface area contributed by atoms with Gasteiger partial charge in [-0.05, 0) is 38.7 Å². The smallest absolute Gasteiger partial charge is 0.127 e. The molecule has 3 rings (SSSR count). The summed E-state index contributed by atoms with van der Waals surface area (Å²) in [4.78, 5) is 2.53.